The number of hydrogen-bond acceptors (Lipinski definition) is 5. The van der Waals surface area contributed by atoms with Gasteiger partial charge in [-0.2, -0.15) is 0 Å². The Morgan fingerprint density at radius 2 is 2.04 bits per heavy atom. The van der Waals surface area contributed by atoms with Gasteiger partial charge in [-0.1, -0.05) is 26.2 Å². The molecule has 3 amide bonds. The molecular weight excluding hydrogens is 312 g/mol. The molecule has 1 aliphatic heterocycles. The molecule has 8 nitrogen and oxygen atoms in total. The number of ketones is 1. The van der Waals surface area contributed by atoms with Crippen LogP contribution >= 0.6 is 0 Å². The van der Waals surface area contributed by atoms with Gasteiger partial charge in [0.2, 0.25) is 5.91 Å². The minimum absolute atomic E-state index is 0.0568. The van der Waals surface area contributed by atoms with Crippen LogP contribution in [-0.2, 0) is 9.59 Å². The van der Waals surface area contributed by atoms with E-state index in [0.717, 1.165) is 19.3 Å². The number of unbranched alkanes of at least 4 members (excludes halogenated alkanes) is 2. The van der Waals surface area contributed by atoms with Crippen LogP contribution in [0.5, 0.6) is 0 Å². The molecule has 0 saturated carbocycles. The lowest BCUT2D eigenvalue weighted by atomic mass is 9.88. The summed E-state index contributed by atoms with van der Waals surface area (Å²) in [6.07, 6.45) is 3.36. The van der Waals surface area contributed by atoms with Crippen LogP contribution < -0.4 is 16.1 Å². The molecule has 1 rings (SSSR count). The van der Waals surface area contributed by atoms with E-state index in [1.165, 1.54) is 0 Å². The highest BCUT2D eigenvalue weighted by molar-refractivity contribution is 5.93. The fourth-order valence-corrected chi connectivity index (χ4v) is 2.98. The van der Waals surface area contributed by atoms with Crippen LogP contribution in [0.3, 0.4) is 0 Å². The van der Waals surface area contributed by atoms with Gasteiger partial charge in [-0.3, -0.25) is 14.8 Å². The normalized spacial score (nSPS) is 18.8. The minimum Gasteiger partial charge on any atom is -0.338 e. The molecule has 0 aromatic heterocycles. The molecule has 4 N–H and O–H groups in total. The topological polar surface area (TPSA) is 111 Å². The molecular formula is C16H30N4O4. The van der Waals surface area contributed by atoms with E-state index < -0.39 is 17.9 Å². The largest absolute Gasteiger partial charge is 0.338 e. The Hall–Kier alpha value is -1.67. The van der Waals surface area contributed by atoms with Gasteiger partial charge in [0.15, 0.2) is 5.78 Å². The molecule has 0 aromatic carbocycles. The van der Waals surface area contributed by atoms with Crippen molar-refractivity contribution >= 4 is 17.7 Å². The Morgan fingerprint density at radius 3 is 2.67 bits per heavy atom. The molecule has 0 aliphatic carbocycles. The fraction of sp³-hybridized carbons (Fsp3) is 0.812. The molecule has 1 saturated heterocycles. The second-order valence-electron chi connectivity index (χ2n) is 6.08. The van der Waals surface area contributed by atoms with Crippen LogP contribution in [-0.4, -0.2) is 60.0 Å². The Balaban J connectivity index is 2.82. The maximum atomic E-state index is 12.9. The second-order valence-corrected chi connectivity index (χ2v) is 6.08. The monoisotopic (exact) mass is 342 g/mol. The molecule has 24 heavy (non-hydrogen) atoms. The van der Waals surface area contributed by atoms with Crippen molar-refractivity contribution in [1.29, 1.82) is 0 Å². The molecule has 1 heterocycles. The predicted octanol–water partition coefficient (Wildman–Crippen LogP) is 0.651. The van der Waals surface area contributed by atoms with E-state index in [1.54, 1.807) is 10.4 Å². The third-order valence-electron chi connectivity index (χ3n) is 4.28. The maximum Gasteiger partial charge on any atom is 0.318 e. The summed E-state index contributed by atoms with van der Waals surface area (Å²) in [5, 5.41) is 14.6. The number of piperazine rings is 1. The summed E-state index contributed by atoms with van der Waals surface area (Å²) in [5.74, 6) is -1.18. The van der Waals surface area contributed by atoms with Gasteiger partial charge >= 0.3 is 6.03 Å². The number of nitrogens with one attached hydrogen (secondary N) is 3. The van der Waals surface area contributed by atoms with Crippen molar-refractivity contribution in [2.45, 2.75) is 52.0 Å². The SMILES string of the molecule is CCCCC[C@H](CC(=O)NO)C(=O)[C@@H]1CNCCN1C(=O)NCC. The summed E-state index contributed by atoms with van der Waals surface area (Å²) in [4.78, 5) is 38.2. The van der Waals surface area contributed by atoms with Gasteiger partial charge in [-0.05, 0) is 13.3 Å². The van der Waals surface area contributed by atoms with Gasteiger partial charge in [0.05, 0.1) is 0 Å². The number of carbonyl (C=O) groups excluding carboxylic acids is 3. The van der Waals surface area contributed by atoms with Gasteiger partial charge < -0.3 is 15.5 Å². The van der Waals surface area contributed by atoms with E-state index in [1.807, 2.05) is 6.92 Å². The van der Waals surface area contributed by atoms with Crippen LogP contribution in [0, 0.1) is 5.92 Å². The van der Waals surface area contributed by atoms with Gasteiger partial charge in [0.25, 0.3) is 0 Å². The van der Waals surface area contributed by atoms with E-state index in [0.29, 0.717) is 32.6 Å². The summed E-state index contributed by atoms with van der Waals surface area (Å²) < 4.78 is 0. The maximum absolute atomic E-state index is 12.9. The summed E-state index contributed by atoms with van der Waals surface area (Å²) in [7, 11) is 0. The molecule has 1 aliphatic rings. The number of hydroxylamine groups is 1. The summed E-state index contributed by atoms with van der Waals surface area (Å²) in [6, 6.07) is -0.834. The minimum atomic E-state index is -0.580. The quantitative estimate of drug-likeness (QED) is 0.279. The van der Waals surface area contributed by atoms with E-state index in [9.17, 15) is 14.4 Å². The standard InChI is InChI=1S/C16H30N4O4/c1-3-5-6-7-12(10-14(21)19-24)15(22)13-11-17-8-9-20(13)16(23)18-4-2/h12-13,17,24H,3-11H2,1-2H3,(H,18,23)(H,19,21)/t12-,13+/m1/s1. The van der Waals surface area contributed by atoms with Crippen molar-refractivity contribution < 1.29 is 19.6 Å². The zero-order valence-corrected chi connectivity index (χ0v) is 14.6. The lowest BCUT2D eigenvalue weighted by Crippen LogP contribution is -2.60. The number of nitrogens with zero attached hydrogens (tertiary/aromatic N) is 1. The highest BCUT2D eigenvalue weighted by Crippen LogP contribution is 2.20. The van der Waals surface area contributed by atoms with E-state index in [-0.39, 0.29) is 18.2 Å². The highest BCUT2D eigenvalue weighted by Gasteiger charge is 2.36. The zero-order valence-electron chi connectivity index (χ0n) is 14.6. The van der Waals surface area contributed by atoms with Crippen LogP contribution in [0.1, 0.15) is 46.0 Å². The Kier molecular flexibility index (Phi) is 9.33. The molecule has 2 atom stereocenters. The first kappa shape index (κ1) is 20.4. The third-order valence-corrected chi connectivity index (χ3v) is 4.28. The molecule has 0 bridgehead atoms. The number of carbonyl (C=O) groups is 3. The Morgan fingerprint density at radius 1 is 1.29 bits per heavy atom. The number of hydrogen-bond donors (Lipinski definition) is 4. The average molecular weight is 342 g/mol. The number of urea groups is 1. The Labute approximate surface area is 143 Å². The first-order valence-corrected chi connectivity index (χ1v) is 8.76. The highest BCUT2D eigenvalue weighted by atomic mass is 16.5. The van der Waals surface area contributed by atoms with Crippen molar-refractivity contribution in [2.24, 2.45) is 5.92 Å². The summed E-state index contributed by atoms with van der Waals surface area (Å²) in [6.45, 7) is 5.88. The van der Waals surface area contributed by atoms with Crippen LogP contribution in [0.25, 0.3) is 0 Å². The van der Waals surface area contributed by atoms with Crippen LogP contribution in [0.2, 0.25) is 0 Å². The fourth-order valence-electron chi connectivity index (χ4n) is 2.98. The lowest BCUT2D eigenvalue weighted by Gasteiger charge is -2.36. The molecule has 8 heteroatoms. The Bertz CT molecular complexity index is 430. The molecule has 0 radical (unpaired) electrons. The van der Waals surface area contributed by atoms with E-state index in [2.05, 4.69) is 17.6 Å². The lowest BCUT2D eigenvalue weighted by molar-refractivity contribution is -0.136. The summed E-state index contributed by atoms with van der Waals surface area (Å²) >= 11 is 0. The second kappa shape index (κ2) is 11.0. The molecule has 1 fully saturated rings. The average Bonchev–Trinajstić information content (AvgIpc) is 2.60. The molecule has 138 valence electrons. The van der Waals surface area contributed by atoms with Crippen molar-refractivity contribution in [3.05, 3.63) is 0 Å². The smallest absolute Gasteiger partial charge is 0.318 e. The molecule has 0 spiro atoms. The number of amides is 3. The van der Waals surface area contributed by atoms with Gasteiger partial charge in [0.1, 0.15) is 6.04 Å². The van der Waals surface area contributed by atoms with Gasteiger partial charge in [-0.15, -0.1) is 0 Å². The van der Waals surface area contributed by atoms with Crippen LogP contribution in [0.15, 0.2) is 0 Å². The van der Waals surface area contributed by atoms with Crippen molar-refractivity contribution in [3.63, 3.8) is 0 Å². The third kappa shape index (κ3) is 6.09. The van der Waals surface area contributed by atoms with Crippen LogP contribution in [0.4, 0.5) is 4.79 Å². The molecule has 0 aromatic rings. The van der Waals surface area contributed by atoms with Gasteiger partial charge in [-0.25, -0.2) is 10.3 Å². The van der Waals surface area contributed by atoms with Crippen molar-refractivity contribution in [2.75, 3.05) is 26.2 Å². The van der Waals surface area contributed by atoms with Crippen molar-refractivity contribution in [3.8, 4) is 0 Å². The summed E-state index contributed by atoms with van der Waals surface area (Å²) in [5.41, 5.74) is 1.60. The van der Waals surface area contributed by atoms with Crippen molar-refractivity contribution in [1.82, 2.24) is 21.0 Å². The first-order valence-electron chi connectivity index (χ1n) is 8.76. The molecule has 0 unspecified atom stereocenters. The van der Waals surface area contributed by atoms with E-state index >= 15 is 0 Å². The van der Waals surface area contributed by atoms with Gasteiger partial charge in [0, 0.05) is 38.5 Å². The van der Waals surface area contributed by atoms with E-state index in [4.69, 9.17) is 5.21 Å². The first-order chi connectivity index (χ1) is 11.5. The zero-order chi connectivity index (χ0) is 17.9. The number of Topliss-reactive ketones (excluding diaryl/α,β-unsaturated/α-hetero) is 1. The predicted molar refractivity (Wildman–Crippen MR) is 89.6 cm³/mol. The number of rotatable bonds is 9.